The van der Waals surface area contributed by atoms with Crippen LogP contribution < -0.4 is 10.6 Å². The molecule has 132 valence electrons. The Kier molecular flexibility index (Phi) is 6.85. The van der Waals surface area contributed by atoms with Crippen molar-refractivity contribution >= 4 is 41.0 Å². The molecule has 0 bridgehead atoms. The number of furan rings is 1. The van der Waals surface area contributed by atoms with Gasteiger partial charge in [-0.3, -0.25) is 14.4 Å². The molecule has 7 nitrogen and oxygen atoms in total. The van der Waals surface area contributed by atoms with Crippen LogP contribution >= 0.6 is 23.2 Å². The predicted octanol–water partition coefficient (Wildman–Crippen LogP) is 2.18. The molecule has 0 saturated heterocycles. The second kappa shape index (κ2) is 9.10. The summed E-state index contributed by atoms with van der Waals surface area (Å²) >= 11 is 11.6. The lowest BCUT2D eigenvalue weighted by molar-refractivity contribution is -0.145. The van der Waals surface area contributed by atoms with Crippen molar-refractivity contribution in [3.05, 3.63) is 58.0 Å². The number of carbonyl (C=O) groups excluding carboxylic acids is 3. The van der Waals surface area contributed by atoms with Crippen LogP contribution in [-0.2, 0) is 20.9 Å². The van der Waals surface area contributed by atoms with E-state index in [1.807, 2.05) is 0 Å². The molecule has 1 aromatic carbocycles. The van der Waals surface area contributed by atoms with Crippen LogP contribution in [0.25, 0.3) is 0 Å². The molecule has 0 atom stereocenters. The topological polar surface area (TPSA) is 97.6 Å². The highest BCUT2D eigenvalue weighted by molar-refractivity contribution is 6.42. The standard InChI is InChI=1S/C16H14Cl2N2O5/c17-11-4-3-10(6-12(11)18)9-25-15(22)8-19-14(21)7-20-16(23)13-2-1-5-24-13/h1-6H,7-9H2,(H,19,21)(H,20,23). The summed E-state index contributed by atoms with van der Waals surface area (Å²) in [5.74, 6) is -1.60. The Labute approximate surface area is 153 Å². The number of halogens is 2. The summed E-state index contributed by atoms with van der Waals surface area (Å²) in [4.78, 5) is 34.7. The van der Waals surface area contributed by atoms with E-state index in [2.05, 4.69) is 10.6 Å². The smallest absolute Gasteiger partial charge is 0.325 e. The molecule has 0 radical (unpaired) electrons. The summed E-state index contributed by atoms with van der Waals surface area (Å²) in [5.41, 5.74) is 0.666. The third-order valence-corrected chi connectivity index (χ3v) is 3.71. The van der Waals surface area contributed by atoms with Gasteiger partial charge in [0.1, 0.15) is 13.2 Å². The number of amides is 2. The molecule has 0 spiro atoms. The number of esters is 1. The van der Waals surface area contributed by atoms with Crippen LogP contribution in [0.2, 0.25) is 10.0 Å². The number of benzene rings is 1. The van der Waals surface area contributed by atoms with Crippen molar-refractivity contribution in [1.82, 2.24) is 10.6 Å². The van der Waals surface area contributed by atoms with Crippen molar-refractivity contribution in [2.24, 2.45) is 0 Å². The van der Waals surface area contributed by atoms with E-state index in [0.29, 0.717) is 15.6 Å². The maximum Gasteiger partial charge on any atom is 0.325 e. The van der Waals surface area contributed by atoms with Crippen molar-refractivity contribution in [2.75, 3.05) is 13.1 Å². The zero-order valence-electron chi connectivity index (χ0n) is 12.9. The summed E-state index contributed by atoms with van der Waals surface area (Å²) in [5, 5.41) is 5.45. The predicted molar refractivity (Wildman–Crippen MR) is 90.3 cm³/mol. The highest BCUT2D eigenvalue weighted by Crippen LogP contribution is 2.22. The van der Waals surface area contributed by atoms with Crippen molar-refractivity contribution in [3.8, 4) is 0 Å². The van der Waals surface area contributed by atoms with E-state index in [1.165, 1.54) is 12.3 Å². The van der Waals surface area contributed by atoms with E-state index >= 15 is 0 Å². The molecule has 0 fully saturated rings. The van der Waals surface area contributed by atoms with Gasteiger partial charge < -0.3 is 19.8 Å². The maximum atomic E-state index is 11.6. The Bertz CT molecular complexity index is 762. The van der Waals surface area contributed by atoms with E-state index in [1.54, 1.807) is 24.3 Å². The molecular weight excluding hydrogens is 371 g/mol. The van der Waals surface area contributed by atoms with Crippen LogP contribution in [-0.4, -0.2) is 30.9 Å². The van der Waals surface area contributed by atoms with Gasteiger partial charge in [0.2, 0.25) is 5.91 Å². The minimum Gasteiger partial charge on any atom is -0.460 e. The third kappa shape index (κ3) is 6.13. The van der Waals surface area contributed by atoms with Crippen LogP contribution in [0.3, 0.4) is 0 Å². The van der Waals surface area contributed by atoms with Gasteiger partial charge in [0.15, 0.2) is 5.76 Å². The molecule has 2 amide bonds. The second-order valence-electron chi connectivity index (χ2n) is 4.85. The van der Waals surface area contributed by atoms with Crippen LogP contribution in [0.1, 0.15) is 16.1 Å². The van der Waals surface area contributed by atoms with Gasteiger partial charge in [0.25, 0.3) is 5.91 Å². The molecule has 2 N–H and O–H groups in total. The molecular formula is C16H14Cl2N2O5. The zero-order valence-corrected chi connectivity index (χ0v) is 14.4. The van der Waals surface area contributed by atoms with E-state index < -0.39 is 17.8 Å². The Morgan fingerprint density at radius 2 is 1.84 bits per heavy atom. The largest absolute Gasteiger partial charge is 0.460 e. The molecule has 1 heterocycles. The molecule has 0 aliphatic carbocycles. The van der Waals surface area contributed by atoms with Crippen molar-refractivity contribution in [3.63, 3.8) is 0 Å². The van der Waals surface area contributed by atoms with E-state index in [-0.39, 0.29) is 25.5 Å². The van der Waals surface area contributed by atoms with Gasteiger partial charge in [-0.1, -0.05) is 29.3 Å². The van der Waals surface area contributed by atoms with E-state index in [9.17, 15) is 14.4 Å². The average Bonchev–Trinajstić information content (AvgIpc) is 3.13. The van der Waals surface area contributed by atoms with Gasteiger partial charge >= 0.3 is 5.97 Å². The number of hydrogen-bond acceptors (Lipinski definition) is 5. The first-order chi connectivity index (χ1) is 12.0. The summed E-state index contributed by atoms with van der Waals surface area (Å²) in [6.45, 7) is -0.614. The van der Waals surface area contributed by atoms with Gasteiger partial charge in [-0.05, 0) is 29.8 Å². The Morgan fingerprint density at radius 1 is 1.04 bits per heavy atom. The molecule has 9 heteroatoms. The summed E-state index contributed by atoms with van der Waals surface area (Å²) in [6.07, 6.45) is 1.35. The van der Waals surface area contributed by atoms with Gasteiger partial charge in [-0.2, -0.15) is 0 Å². The number of ether oxygens (including phenoxy) is 1. The SMILES string of the molecule is O=C(CNC(=O)c1ccco1)NCC(=O)OCc1ccc(Cl)c(Cl)c1. The molecule has 2 aromatic rings. The van der Waals surface area contributed by atoms with E-state index in [0.717, 1.165) is 0 Å². The summed E-state index contributed by atoms with van der Waals surface area (Å²) < 4.78 is 9.88. The Balaban J connectivity index is 1.66. The molecule has 0 aliphatic rings. The van der Waals surface area contributed by atoms with Crippen LogP contribution in [0.15, 0.2) is 41.0 Å². The second-order valence-corrected chi connectivity index (χ2v) is 5.66. The lowest BCUT2D eigenvalue weighted by atomic mass is 10.2. The van der Waals surface area contributed by atoms with Gasteiger partial charge in [0, 0.05) is 0 Å². The van der Waals surface area contributed by atoms with Crippen molar-refractivity contribution in [1.29, 1.82) is 0 Å². The molecule has 0 aliphatic heterocycles. The number of carbonyl (C=O) groups is 3. The van der Waals surface area contributed by atoms with Crippen LogP contribution in [0, 0.1) is 0 Å². The van der Waals surface area contributed by atoms with Crippen molar-refractivity contribution in [2.45, 2.75) is 6.61 Å². The third-order valence-electron chi connectivity index (χ3n) is 2.97. The highest BCUT2D eigenvalue weighted by atomic mass is 35.5. The van der Waals surface area contributed by atoms with Crippen LogP contribution in [0.5, 0.6) is 0 Å². The fourth-order valence-corrected chi connectivity index (χ4v) is 2.05. The molecule has 0 saturated carbocycles. The number of nitrogens with one attached hydrogen (secondary N) is 2. The first kappa shape index (κ1) is 18.8. The summed E-state index contributed by atoms with van der Waals surface area (Å²) in [7, 11) is 0. The quantitative estimate of drug-likeness (QED) is 0.712. The number of rotatable bonds is 7. The molecule has 2 rings (SSSR count). The number of hydrogen-bond donors (Lipinski definition) is 2. The van der Waals surface area contributed by atoms with Crippen molar-refractivity contribution < 1.29 is 23.5 Å². The maximum absolute atomic E-state index is 11.6. The fraction of sp³-hybridized carbons (Fsp3) is 0.188. The Morgan fingerprint density at radius 3 is 2.52 bits per heavy atom. The minimum atomic E-state index is -0.628. The molecule has 1 aromatic heterocycles. The first-order valence-corrected chi connectivity index (χ1v) is 7.89. The first-order valence-electron chi connectivity index (χ1n) is 7.13. The lowest BCUT2D eigenvalue weighted by Gasteiger charge is -2.08. The van der Waals surface area contributed by atoms with Gasteiger partial charge in [0.05, 0.1) is 22.9 Å². The van der Waals surface area contributed by atoms with Gasteiger partial charge in [-0.25, -0.2) is 0 Å². The van der Waals surface area contributed by atoms with Gasteiger partial charge in [-0.15, -0.1) is 0 Å². The fourth-order valence-electron chi connectivity index (χ4n) is 1.73. The van der Waals surface area contributed by atoms with E-state index in [4.69, 9.17) is 32.4 Å². The molecule has 25 heavy (non-hydrogen) atoms. The minimum absolute atomic E-state index is 0.000816. The normalized spacial score (nSPS) is 10.2. The Hall–Kier alpha value is -2.51. The highest BCUT2D eigenvalue weighted by Gasteiger charge is 2.11. The average molecular weight is 385 g/mol. The summed E-state index contributed by atoms with van der Waals surface area (Å²) in [6, 6.07) is 7.87. The monoisotopic (exact) mass is 384 g/mol. The lowest BCUT2D eigenvalue weighted by Crippen LogP contribution is -2.39. The zero-order chi connectivity index (χ0) is 18.2. The molecule has 0 unspecified atom stereocenters. The van der Waals surface area contributed by atoms with Crippen LogP contribution in [0.4, 0.5) is 0 Å².